The van der Waals surface area contributed by atoms with Crippen LogP contribution < -0.4 is 10.0 Å². The average molecular weight is 491 g/mol. The van der Waals surface area contributed by atoms with E-state index in [9.17, 15) is 13.2 Å². The molecule has 2 amide bonds. The molecule has 3 heterocycles. The second-order valence-corrected chi connectivity index (χ2v) is 11.1. The summed E-state index contributed by atoms with van der Waals surface area (Å²) in [5, 5.41) is 11.4. The van der Waals surface area contributed by atoms with E-state index in [4.69, 9.17) is 0 Å². The standard InChI is InChI=1S/C25H26N6O3S/c1-16-11-18-3-2-4-22(18)24(23(16)19-7-8-20-9-10-26-31(20)14-19)28-25(32)29-35(33,34)21-12-27-30(15-21)13-17-5-6-17/h7-12,14-15,17H,2-6,13H2,1H3,(H2,28,29,32). The van der Waals surface area contributed by atoms with E-state index in [2.05, 4.69) is 26.3 Å². The fourth-order valence-electron chi connectivity index (χ4n) is 4.93. The molecule has 0 unspecified atom stereocenters. The number of anilines is 1. The third kappa shape index (κ3) is 4.18. The van der Waals surface area contributed by atoms with Crippen LogP contribution >= 0.6 is 0 Å². The molecule has 1 aromatic carbocycles. The monoisotopic (exact) mass is 490 g/mol. The van der Waals surface area contributed by atoms with Gasteiger partial charge in [0.1, 0.15) is 4.90 Å². The molecule has 0 aliphatic heterocycles. The Balaban J connectivity index is 1.32. The Labute approximate surface area is 203 Å². The van der Waals surface area contributed by atoms with Crippen LogP contribution in [0.1, 0.15) is 36.0 Å². The molecule has 0 saturated heterocycles. The molecule has 180 valence electrons. The van der Waals surface area contributed by atoms with Crippen LogP contribution in [0.3, 0.4) is 0 Å². The van der Waals surface area contributed by atoms with E-state index in [0.717, 1.165) is 59.9 Å². The summed E-state index contributed by atoms with van der Waals surface area (Å²) in [4.78, 5) is 13.0. The van der Waals surface area contributed by atoms with Gasteiger partial charge in [0.15, 0.2) is 0 Å². The number of aryl methyl sites for hydroxylation is 2. The summed E-state index contributed by atoms with van der Waals surface area (Å²) in [5.41, 5.74) is 6.63. The molecule has 2 N–H and O–H groups in total. The highest BCUT2D eigenvalue weighted by molar-refractivity contribution is 7.90. The summed E-state index contributed by atoms with van der Waals surface area (Å²) in [5.74, 6) is 0.560. The van der Waals surface area contributed by atoms with Crippen LogP contribution in [0.4, 0.5) is 10.5 Å². The van der Waals surface area contributed by atoms with Gasteiger partial charge in [0.05, 0.1) is 17.4 Å². The largest absolute Gasteiger partial charge is 0.333 e. The Morgan fingerprint density at radius 3 is 2.83 bits per heavy atom. The SMILES string of the molecule is Cc1cc2c(c(NC(=O)NS(=O)(=O)c3cnn(CC4CC4)c3)c1-c1ccc3ccnn3c1)CCC2. The molecule has 0 bridgehead atoms. The summed E-state index contributed by atoms with van der Waals surface area (Å²) < 4.78 is 31.3. The molecule has 2 aliphatic carbocycles. The van der Waals surface area contributed by atoms with Crippen molar-refractivity contribution in [2.75, 3.05) is 5.32 Å². The van der Waals surface area contributed by atoms with E-state index in [1.54, 1.807) is 15.4 Å². The van der Waals surface area contributed by atoms with Crippen LogP contribution in [0.5, 0.6) is 0 Å². The molecular formula is C25H26N6O3S. The minimum absolute atomic E-state index is 0.0212. The summed E-state index contributed by atoms with van der Waals surface area (Å²) >= 11 is 0. The molecule has 10 heteroatoms. The van der Waals surface area contributed by atoms with Crippen molar-refractivity contribution in [3.8, 4) is 11.1 Å². The van der Waals surface area contributed by atoms with Gasteiger partial charge in [0, 0.05) is 36.3 Å². The molecule has 1 saturated carbocycles. The van der Waals surface area contributed by atoms with Gasteiger partial charge in [-0.25, -0.2) is 22.4 Å². The Hall–Kier alpha value is -3.66. The molecule has 0 atom stereocenters. The maximum Gasteiger partial charge on any atom is 0.333 e. The number of benzene rings is 1. The Morgan fingerprint density at radius 2 is 2.00 bits per heavy atom. The number of hydrogen-bond acceptors (Lipinski definition) is 5. The Kier molecular flexibility index (Phi) is 5.14. The smallest absolute Gasteiger partial charge is 0.306 e. The lowest BCUT2D eigenvalue weighted by molar-refractivity contribution is 0.256. The number of hydrogen-bond donors (Lipinski definition) is 2. The van der Waals surface area contributed by atoms with E-state index >= 15 is 0 Å². The first-order chi connectivity index (χ1) is 16.9. The number of rotatable bonds is 6. The van der Waals surface area contributed by atoms with Crippen molar-refractivity contribution in [2.45, 2.75) is 50.5 Å². The topological polar surface area (TPSA) is 110 Å². The second-order valence-electron chi connectivity index (χ2n) is 9.45. The van der Waals surface area contributed by atoms with Crippen molar-refractivity contribution in [3.05, 3.63) is 65.7 Å². The number of sulfonamides is 1. The summed E-state index contributed by atoms with van der Waals surface area (Å²) in [6.45, 7) is 2.70. The molecule has 3 aromatic heterocycles. The maximum absolute atomic E-state index is 13.0. The maximum atomic E-state index is 13.0. The van der Waals surface area contributed by atoms with Crippen LogP contribution in [-0.2, 0) is 29.4 Å². The van der Waals surface area contributed by atoms with E-state index in [1.165, 1.54) is 18.0 Å². The van der Waals surface area contributed by atoms with Crippen molar-refractivity contribution in [2.24, 2.45) is 5.92 Å². The molecular weight excluding hydrogens is 464 g/mol. The van der Waals surface area contributed by atoms with Crippen molar-refractivity contribution < 1.29 is 13.2 Å². The zero-order valence-corrected chi connectivity index (χ0v) is 20.2. The van der Waals surface area contributed by atoms with E-state index in [0.29, 0.717) is 18.2 Å². The number of nitrogens with zero attached hydrogens (tertiary/aromatic N) is 4. The van der Waals surface area contributed by atoms with Gasteiger partial charge in [0.2, 0.25) is 0 Å². The predicted octanol–water partition coefficient (Wildman–Crippen LogP) is 3.92. The summed E-state index contributed by atoms with van der Waals surface area (Å²) in [6, 6.07) is 7.26. The molecule has 9 nitrogen and oxygen atoms in total. The van der Waals surface area contributed by atoms with E-state index < -0.39 is 16.1 Å². The zero-order chi connectivity index (χ0) is 24.2. The van der Waals surface area contributed by atoms with Gasteiger partial charge in [-0.05, 0) is 73.8 Å². The fraction of sp³-hybridized carbons (Fsp3) is 0.320. The zero-order valence-electron chi connectivity index (χ0n) is 19.4. The predicted molar refractivity (Wildman–Crippen MR) is 132 cm³/mol. The van der Waals surface area contributed by atoms with Gasteiger partial charge in [-0.2, -0.15) is 10.2 Å². The average Bonchev–Trinajstić information content (AvgIpc) is 3.20. The first kappa shape index (κ1) is 21.8. The van der Waals surface area contributed by atoms with Crippen LogP contribution in [0, 0.1) is 12.8 Å². The third-order valence-corrected chi connectivity index (χ3v) is 8.10. The molecule has 35 heavy (non-hydrogen) atoms. The molecule has 6 rings (SSSR count). The van der Waals surface area contributed by atoms with Crippen LogP contribution in [-0.4, -0.2) is 33.8 Å². The van der Waals surface area contributed by atoms with Crippen molar-refractivity contribution >= 4 is 27.3 Å². The normalized spacial score (nSPS) is 15.3. The van der Waals surface area contributed by atoms with Crippen LogP contribution in [0.15, 0.2) is 53.9 Å². The number of aromatic nitrogens is 4. The van der Waals surface area contributed by atoms with Crippen LogP contribution in [0.2, 0.25) is 0 Å². The van der Waals surface area contributed by atoms with Gasteiger partial charge < -0.3 is 5.32 Å². The van der Waals surface area contributed by atoms with Gasteiger partial charge in [-0.1, -0.05) is 12.1 Å². The van der Waals surface area contributed by atoms with Gasteiger partial charge in [0.25, 0.3) is 10.0 Å². The third-order valence-electron chi connectivity index (χ3n) is 6.81. The van der Waals surface area contributed by atoms with Crippen LogP contribution in [0.25, 0.3) is 16.6 Å². The Bertz CT molecular complexity index is 1570. The highest BCUT2D eigenvalue weighted by Gasteiger charge is 2.26. The quantitative estimate of drug-likeness (QED) is 0.426. The molecule has 0 radical (unpaired) electrons. The number of carbonyl (C=O) groups is 1. The Morgan fingerprint density at radius 1 is 1.14 bits per heavy atom. The number of amides is 2. The number of nitrogens with one attached hydrogen (secondary N) is 2. The number of fused-ring (bicyclic) bond motifs is 2. The van der Waals surface area contributed by atoms with Gasteiger partial charge in [-0.3, -0.25) is 4.68 Å². The van der Waals surface area contributed by atoms with E-state index in [-0.39, 0.29) is 4.90 Å². The number of carbonyl (C=O) groups excluding carboxylic acids is 1. The first-order valence-electron chi connectivity index (χ1n) is 11.8. The van der Waals surface area contributed by atoms with Gasteiger partial charge in [-0.15, -0.1) is 0 Å². The van der Waals surface area contributed by atoms with Crippen molar-refractivity contribution in [1.82, 2.24) is 24.1 Å². The lowest BCUT2D eigenvalue weighted by Gasteiger charge is -2.19. The molecule has 1 fully saturated rings. The second kappa shape index (κ2) is 8.23. The molecule has 0 spiro atoms. The fourth-order valence-corrected chi connectivity index (χ4v) is 5.79. The number of urea groups is 1. The minimum Gasteiger partial charge on any atom is -0.306 e. The summed E-state index contributed by atoms with van der Waals surface area (Å²) in [7, 11) is -4.06. The van der Waals surface area contributed by atoms with Crippen molar-refractivity contribution in [1.29, 1.82) is 0 Å². The highest BCUT2D eigenvalue weighted by atomic mass is 32.2. The minimum atomic E-state index is -4.06. The lowest BCUT2D eigenvalue weighted by Crippen LogP contribution is -2.34. The molecule has 4 aromatic rings. The van der Waals surface area contributed by atoms with E-state index in [1.807, 2.05) is 31.3 Å². The lowest BCUT2D eigenvalue weighted by atomic mass is 9.93. The highest BCUT2D eigenvalue weighted by Crippen LogP contribution is 2.40. The van der Waals surface area contributed by atoms with Crippen molar-refractivity contribution in [3.63, 3.8) is 0 Å². The number of pyridine rings is 1. The first-order valence-corrected chi connectivity index (χ1v) is 13.3. The summed E-state index contributed by atoms with van der Waals surface area (Å²) in [6.07, 6.45) is 11.4. The molecule has 2 aliphatic rings. The van der Waals surface area contributed by atoms with Gasteiger partial charge >= 0.3 is 6.03 Å².